The molecule has 3 atom stereocenters. The van der Waals surface area contributed by atoms with E-state index in [9.17, 15) is 0 Å². The number of alkyl halides is 1. The standard InChI is InChI=1S/C10H16ClNO/c1-8-4-2-3-5-10(8)13-7-9(11)6-12/h8-10H,2-5,7H2,1H3. The Morgan fingerprint density at radius 3 is 2.85 bits per heavy atom. The Hall–Kier alpha value is -0.260. The highest BCUT2D eigenvalue weighted by molar-refractivity contribution is 6.22. The molecule has 1 aliphatic rings. The fraction of sp³-hybridized carbons (Fsp3) is 0.900. The van der Waals surface area contributed by atoms with Crippen molar-refractivity contribution in [2.45, 2.75) is 44.1 Å². The van der Waals surface area contributed by atoms with Gasteiger partial charge in [-0.2, -0.15) is 5.26 Å². The summed E-state index contributed by atoms with van der Waals surface area (Å²) in [5.74, 6) is 0.622. The van der Waals surface area contributed by atoms with Crippen molar-refractivity contribution in [1.82, 2.24) is 0 Å². The summed E-state index contributed by atoms with van der Waals surface area (Å²) in [5, 5.41) is 7.98. The Labute approximate surface area is 84.8 Å². The molecule has 0 aromatic rings. The van der Waals surface area contributed by atoms with Crippen LogP contribution in [0.4, 0.5) is 0 Å². The molecule has 13 heavy (non-hydrogen) atoms. The zero-order valence-corrected chi connectivity index (χ0v) is 8.76. The van der Waals surface area contributed by atoms with E-state index in [4.69, 9.17) is 21.6 Å². The van der Waals surface area contributed by atoms with Gasteiger partial charge in [-0.25, -0.2) is 0 Å². The Balaban J connectivity index is 2.23. The highest BCUT2D eigenvalue weighted by Crippen LogP contribution is 2.26. The molecule has 0 saturated heterocycles. The molecule has 0 radical (unpaired) electrons. The molecule has 0 bridgehead atoms. The molecule has 1 rings (SSSR count). The van der Waals surface area contributed by atoms with E-state index in [1.165, 1.54) is 19.3 Å². The largest absolute Gasteiger partial charge is 0.375 e. The van der Waals surface area contributed by atoms with Crippen LogP contribution in [0.5, 0.6) is 0 Å². The molecule has 0 aliphatic heterocycles. The molecule has 0 aromatic heterocycles. The summed E-state index contributed by atoms with van der Waals surface area (Å²) in [7, 11) is 0. The third kappa shape index (κ3) is 3.54. The first-order valence-corrected chi connectivity index (χ1v) is 5.33. The molecule has 0 amide bonds. The lowest BCUT2D eigenvalue weighted by atomic mass is 9.88. The second kappa shape index (κ2) is 5.47. The van der Waals surface area contributed by atoms with Gasteiger partial charge in [0.05, 0.1) is 18.8 Å². The van der Waals surface area contributed by atoms with Gasteiger partial charge >= 0.3 is 0 Å². The van der Waals surface area contributed by atoms with Gasteiger partial charge < -0.3 is 4.74 Å². The Morgan fingerprint density at radius 2 is 2.23 bits per heavy atom. The van der Waals surface area contributed by atoms with Crippen LogP contribution in [0.25, 0.3) is 0 Å². The van der Waals surface area contributed by atoms with E-state index >= 15 is 0 Å². The zero-order valence-electron chi connectivity index (χ0n) is 8.00. The summed E-state index contributed by atoms with van der Waals surface area (Å²) in [4.78, 5) is 0. The fourth-order valence-corrected chi connectivity index (χ4v) is 1.85. The second-order valence-electron chi connectivity index (χ2n) is 3.73. The number of halogens is 1. The number of nitrogens with zero attached hydrogens (tertiary/aromatic N) is 1. The highest BCUT2D eigenvalue weighted by atomic mass is 35.5. The first kappa shape index (κ1) is 10.8. The molecule has 1 saturated carbocycles. The van der Waals surface area contributed by atoms with Gasteiger partial charge in [0.2, 0.25) is 0 Å². The van der Waals surface area contributed by atoms with Crippen LogP contribution in [0.15, 0.2) is 0 Å². The number of ether oxygens (including phenoxy) is 1. The normalized spacial score (nSPS) is 30.8. The molecular weight excluding hydrogens is 186 g/mol. The smallest absolute Gasteiger partial charge is 0.143 e. The van der Waals surface area contributed by atoms with Crippen LogP contribution in [-0.2, 0) is 4.74 Å². The average Bonchev–Trinajstić information content (AvgIpc) is 2.16. The molecular formula is C10H16ClNO. The van der Waals surface area contributed by atoms with E-state index in [-0.39, 0.29) is 0 Å². The van der Waals surface area contributed by atoms with Crippen molar-refractivity contribution in [3.63, 3.8) is 0 Å². The summed E-state index contributed by atoms with van der Waals surface area (Å²) in [6.45, 7) is 2.58. The molecule has 0 heterocycles. The summed E-state index contributed by atoms with van der Waals surface area (Å²) >= 11 is 5.65. The summed E-state index contributed by atoms with van der Waals surface area (Å²) < 4.78 is 5.59. The number of hydrogen-bond donors (Lipinski definition) is 0. The van der Waals surface area contributed by atoms with E-state index in [1.54, 1.807) is 0 Å². The minimum Gasteiger partial charge on any atom is -0.375 e. The molecule has 0 N–H and O–H groups in total. The van der Waals surface area contributed by atoms with Gasteiger partial charge in [-0.05, 0) is 18.8 Å². The van der Waals surface area contributed by atoms with Gasteiger partial charge in [-0.1, -0.05) is 19.8 Å². The monoisotopic (exact) mass is 201 g/mol. The average molecular weight is 202 g/mol. The third-order valence-corrected chi connectivity index (χ3v) is 2.85. The van der Waals surface area contributed by atoms with Crippen molar-refractivity contribution in [3.8, 4) is 6.07 Å². The quantitative estimate of drug-likeness (QED) is 0.658. The van der Waals surface area contributed by atoms with Crippen LogP contribution >= 0.6 is 11.6 Å². The maximum absolute atomic E-state index is 8.47. The lowest BCUT2D eigenvalue weighted by molar-refractivity contribution is -0.00112. The van der Waals surface area contributed by atoms with Gasteiger partial charge in [0.1, 0.15) is 5.38 Å². The molecule has 3 unspecified atom stereocenters. The van der Waals surface area contributed by atoms with E-state index in [0.717, 1.165) is 6.42 Å². The van der Waals surface area contributed by atoms with Gasteiger partial charge in [0.15, 0.2) is 0 Å². The molecule has 0 aromatic carbocycles. The number of rotatable bonds is 3. The van der Waals surface area contributed by atoms with Crippen LogP contribution in [0, 0.1) is 17.2 Å². The topological polar surface area (TPSA) is 33.0 Å². The van der Waals surface area contributed by atoms with Crippen molar-refractivity contribution < 1.29 is 4.74 Å². The van der Waals surface area contributed by atoms with E-state index in [2.05, 4.69) is 6.92 Å². The zero-order chi connectivity index (χ0) is 9.68. The molecule has 1 fully saturated rings. The van der Waals surface area contributed by atoms with Crippen molar-refractivity contribution in [1.29, 1.82) is 5.26 Å². The highest BCUT2D eigenvalue weighted by Gasteiger charge is 2.22. The van der Waals surface area contributed by atoms with Crippen LogP contribution < -0.4 is 0 Å². The third-order valence-electron chi connectivity index (χ3n) is 2.63. The van der Waals surface area contributed by atoms with E-state index in [1.807, 2.05) is 6.07 Å². The van der Waals surface area contributed by atoms with Crippen LogP contribution in [0.3, 0.4) is 0 Å². The Kier molecular flexibility index (Phi) is 4.55. The first-order chi connectivity index (χ1) is 6.24. The van der Waals surface area contributed by atoms with Crippen molar-refractivity contribution >= 4 is 11.6 Å². The predicted molar refractivity (Wildman–Crippen MR) is 52.6 cm³/mol. The Bertz CT molecular complexity index is 190. The summed E-state index contributed by atoms with van der Waals surface area (Å²) in [6, 6.07) is 1.96. The van der Waals surface area contributed by atoms with E-state index in [0.29, 0.717) is 18.6 Å². The van der Waals surface area contributed by atoms with Crippen molar-refractivity contribution in [2.75, 3.05) is 6.61 Å². The number of hydrogen-bond acceptors (Lipinski definition) is 2. The first-order valence-electron chi connectivity index (χ1n) is 4.89. The van der Waals surface area contributed by atoms with Crippen LogP contribution in [0.1, 0.15) is 32.6 Å². The van der Waals surface area contributed by atoms with Gasteiger partial charge in [0, 0.05) is 0 Å². The fourth-order valence-electron chi connectivity index (χ4n) is 1.78. The van der Waals surface area contributed by atoms with Gasteiger partial charge in [0.25, 0.3) is 0 Å². The maximum Gasteiger partial charge on any atom is 0.143 e. The molecule has 74 valence electrons. The minimum atomic E-state index is -0.492. The van der Waals surface area contributed by atoms with Crippen molar-refractivity contribution in [3.05, 3.63) is 0 Å². The Morgan fingerprint density at radius 1 is 1.54 bits per heavy atom. The predicted octanol–water partition coefficient (Wildman–Crippen LogP) is 2.71. The van der Waals surface area contributed by atoms with Crippen molar-refractivity contribution in [2.24, 2.45) is 5.92 Å². The second-order valence-corrected chi connectivity index (χ2v) is 4.26. The van der Waals surface area contributed by atoms with Gasteiger partial charge in [-0.3, -0.25) is 0 Å². The molecule has 0 spiro atoms. The van der Waals surface area contributed by atoms with Gasteiger partial charge in [-0.15, -0.1) is 11.6 Å². The lowest BCUT2D eigenvalue weighted by Crippen LogP contribution is -2.27. The molecule has 2 nitrogen and oxygen atoms in total. The van der Waals surface area contributed by atoms with Crippen LogP contribution in [0.2, 0.25) is 0 Å². The number of nitriles is 1. The summed E-state index contributed by atoms with van der Waals surface area (Å²) in [5.41, 5.74) is 0. The maximum atomic E-state index is 8.47. The molecule has 3 heteroatoms. The van der Waals surface area contributed by atoms with E-state index < -0.39 is 5.38 Å². The molecule has 1 aliphatic carbocycles. The minimum absolute atomic E-state index is 0.323. The lowest BCUT2D eigenvalue weighted by Gasteiger charge is -2.28. The van der Waals surface area contributed by atoms with Crippen LogP contribution in [-0.4, -0.2) is 18.1 Å². The SMILES string of the molecule is CC1CCCCC1OCC(Cl)C#N. The summed E-state index contributed by atoms with van der Waals surface area (Å²) in [6.07, 6.45) is 5.24.